The lowest BCUT2D eigenvalue weighted by Gasteiger charge is -2.27. The summed E-state index contributed by atoms with van der Waals surface area (Å²) in [6.07, 6.45) is 5.05. The van der Waals surface area contributed by atoms with Crippen LogP contribution in [-0.4, -0.2) is 69.0 Å². The minimum absolute atomic E-state index is 0.0870. The predicted octanol–water partition coefficient (Wildman–Crippen LogP) is -0.0559. The molecule has 8 heteroatoms. The first-order valence-corrected chi connectivity index (χ1v) is 9.62. The van der Waals surface area contributed by atoms with Crippen molar-refractivity contribution in [2.45, 2.75) is 38.1 Å². The van der Waals surface area contributed by atoms with E-state index in [0.29, 0.717) is 51.9 Å². The van der Waals surface area contributed by atoms with Gasteiger partial charge in [0.05, 0.1) is 13.2 Å². The van der Waals surface area contributed by atoms with Crippen molar-refractivity contribution in [3.05, 3.63) is 0 Å². The molecule has 1 atom stereocenters. The van der Waals surface area contributed by atoms with Gasteiger partial charge in [0, 0.05) is 38.6 Å². The topological polar surface area (TPSA) is 79.0 Å². The van der Waals surface area contributed by atoms with Crippen LogP contribution in [0, 0.1) is 5.92 Å². The molecule has 3 rings (SSSR count). The van der Waals surface area contributed by atoms with Crippen LogP contribution < -0.4 is 4.72 Å². The van der Waals surface area contributed by atoms with Gasteiger partial charge in [-0.25, -0.2) is 4.72 Å². The summed E-state index contributed by atoms with van der Waals surface area (Å²) in [5.74, 6) is 0.270. The number of carbonyl (C=O) groups is 1. The summed E-state index contributed by atoms with van der Waals surface area (Å²) < 4.78 is 33.7. The van der Waals surface area contributed by atoms with E-state index in [-0.39, 0.29) is 11.8 Å². The Balaban J connectivity index is 1.50. The Hall–Kier alpha value is -0.700. The Morgan fingerprint density at radius 2 is 1.86 bits per heavy atom. The standard InChI is InChI=1S/C14H25N3O4S/c18-14-9-12(11-17(14)13-3-1-2-4-13)10-15-22(19,20)16-5-7-21-8-6-16/h12-13,15H,1-11H2/t12-/m0/s1. The van der Waals surface area contributed by atoms with E-state index in [0.717, 1.165) is 12.8 Å². The van der Waals surface area contributed by atoms with Crippen molar-refractivity contribution in [3.63, 3.8) is 0 Å². The van der Waals surface area contributed by atoms with E-state index in [1.54, 1.807) is 0 Å². The quantitative estimate of drug-likeness (QED) is 0.766. The van der Waals surface area contributed by atoms with Crippen molar-refractivity contribution in [2.75, 3.05) is 39.4 Å². The number of hydrogen-bond acceptors (Lipinski definition) is 4. The van der Waals surface area contributed by atoms with Crippen LogP contribution >= 0.6 is 0 Å². The molecule has 126 valence electrons. The number of ether oxygens (including phenoxy) is 1. The van der Waals surface area contributed by atoms with E-state index >= 15 is 0 Å². The molecule has 0 aromatic heterocycles. The van der Waals surface area contributed by atoms with Gasteiger partial charge in [-0.1, -0.05) is 12.8 Å². The first-order chi connectivity index (χ1) is 10.6. The number of rotatable bonds is 5. The molecular weight excluding hydrogens is 306 g/mol. The van der Waals surface area contributed by atoms with Crippen LogP contribution in [-0.2, 0) is 19.7 Å². The van der Waals surface area contributed by atoms with E-state index in [2.05, 4.69) is 4.72 Å². The van der Waals surface area contributed by atoms with Crippen molar-refractivity contribution in [3.8, 4) is 0 Å². The van der Waals surface area contributed by atoms with Crippen molar-refractivity contribution in [1.82, 2.24) is 13.9 Å². The van der Waals surface area contributed by atoms with E-state index in [4.69, 9.17) is 4.74 Å². The first-order valence-electron chi connectivity index (χ1n) is 8.18. The highest BCUT2D eigenvalue weighted by Crippen LogP contribution is 2.29. The summed E-state index contributed by atoms with van der Waals surface area (Å²) in [6, 6.07) is 0.383. The lowest BCUT2D eigenvalue weighted by atomic mass is 10.1. The molecule has 0 unspecified atom stereocenters. The summed E-state index contributed by atoms with van der Waals surface area (Å²) in [4.78, 5) is 14.1. The third-order valence-corrected chi connectivity index (χ3v) is 6.44. The maximum Gasteiger partial charge on any atom is 0.279 e. The molecule has 0 aromatic rings. The fourth-order valence-electron chi connectivity index (χ4n) is 3.62. The fourth-order valence-corrected chi connectivity index (χ4v) is 4.87. The molecule has 2 aliphatic heterocycles. The zero-order valence-electron chi connectivity index (χ0n) is 12.9. The molecule has 1 amide bonds. The molecule has 22 heavy (non-hydrogen) atoms. The third kappa shape index (κ3) is 3.61. The highest BCUT2D eigenvalue weighted by atomic mass is 32.2. The SMILES string of the molecule is O=C1C[C@@H](CNS(=O)(=O)N2CCOCC2)CN1C1CCCC1. The van der Waals surface area contributed by atoms with Crippen LogP contribution in [0.3, 0.4) is 0 Å². The van der Waals surface area contributed by atoms with Crippen molar-refractivity contribution in [2.24, 2.45) is 5.92 Å². The molecule has 1 aliphatic carbocycles. The average Bonchev–Trinajstić information content (AvgIpc) is 3.15. The van der Waals surface area contributed by atoms with E-state index < -0.39 is 10.2 Å². The summed E-state index contributed by atoms with van der Waals surface area (Å²) in [5.41, 5.74) is 0. The summed E-state index contributed by atoms with van der Waals surface area (Å²) in [5, 5.41) is 0. The Kier molecular flexibility index (Phi) is 5.01. The van der Waals surface area contributed by atoms with Gasteiger partial charge >= 0.3 is 0 Å². The van der Waals surface area contributed by atoms with E-state index in [1.165, 1.54) is 17.1 Å². The molecule has 0 aromatic carbocycles. The minimum atomic E-state index is -3.45. The number of carbonyl (C=O) groups excluding carboxylic acids is 1. The van der Waals surface area contributed by atoms with Crippen molar-refractivity contribution in [1.29, 1.82) is 0 Å². The number of likely N-dealkylation sites (tertiary alicyclic amines) is 1. The van der Waals surface area contributed by atoms with Gasteiger partial charge in [0.1, 0.15) is 0 Å². The Labute approximate surface area is 132 Å². The second-order valence-electron chi connectivity index (χ2n) is 6.42. The number of hydrogen-bond donors (Lipinski definition) is 1. The summed E-state index contributed by atoms with van der Waals surface area (Å²) in [6.45, 7) is 2.71. The maximum absolute atomic E-state index is 12.2. The molecule has 3 fully saturated rings. The molecule has 3 aliphatic rings. The highest BCUT2D eigenvalue weighted by molar-refractivity contribution is 7.87. The number of amides is 1. The van der Waals surface area contributed by atoms with Crippen LogP contribution in [0.25, 0.3) is 0 Å². The van der Waals surface area contributed by atoms with Crippen LogP contribution in [0.1, 0.15) is 32.1 Å². The van der Waals surface area contributed by atoms with Crippen molar-refractivity contribution >= 4 is 16.1 Å². The molecule has 1 N–H and O–H groups in total. The van der Waals surface area contributed by atoms with Gasteiger partial charge in [-0.2, -0.15) is 12.7 Å². The van der Waals surface area contributed by atoms with Crippen LogP contribution in [0.15, 0.2) is 0 Å². The molecular formula is C14H25N3O4S. The van der Waals surface area contributed by atoms with Gasteiger partial charge in [0.2, 0.25) is 5.91 Å². The minimum Gasteiger partial charge on any atom is -0.379 e. The van der Waals surface area contributed by atoms with E-state index in [1.807, 2.05) is 4.90 Å². The molecule has 7 nitrogen and oxygen atoms in total. The van der Waals surface area contributed by atoms with Crippen molar-refractivity contribution < 1.29 is 17.9 Å². The number of morpholine rings is 1. The second kappa shape index (κ2) is 6.82. The normalized spacial score (nSPS) is 28.6. The van der Waals surface area contributed by atoms with Gasteiger partial charge in [-0.15, -0.1) is 0 Å². The average molecular weight is 331 g/mol. The summed E-state index contributed by atoms with van der Waals surface area (Å²) in [7, 11) is -3.45. The Morgan fingerprint density at radius 3 is 2.55 bits per heavy atom. The third-order valence-electron chi connectivity index (χ3n) is 4.87. The Bertz CT molecular complexity index is 498. The largest absolute Gasteiger partial charge is 0.379 e. The van der Waals surface area contributed by atoms with Gasteiger partial charge in [-0.05, 0) is 18.8 Å². The number of nitrogens with one attached hydrogen (secondary N) is 1. The molecule has 0 radical (unpaired) electrons. The van der Waals surface area contributed by atoms with Gasteiger partial charge in [0.15, 0.2) is 0 Å². The monoisotopic (exact) mass is 331 g/mol. The maximum atomic E-state index is 12.2. The predicted molar refractivity (Wildman–Crippen MR) is 81.4 cm³/mol. The second-order valence-corrected chi connectivity index (χ2v) is 8.17. The molecule has 2 saturated heterocycles. The fraction of sp³-hybridized carbons (Fsp3) is 0.929. The zero-order valence-corrected chi connectivity index (χ0v) is 13.7. The molecule has 0 spiro atoms. The molecule has 1 saturated carbocycles. The Morgan fingerprint density at radius 1 is 1.18 bits per heavy atom. The van der Waals surface area contributed by atoms with Gasteiger partial charge in [0.25, 0.3) is 10.2 Å². The van der Waals surface area contributed by atoms with Crippen LogP contribution in [0.2, 0.25) is 0 Å². The first kappa shape index (κ1) is 16.2. The lowest BCUT2D eigenvalue weighted by Crippen LogP contribution is -2.47. The summed E-state index contributed by atoms with van der Waals surface area (Å²) >= 11 is 0. The van der Waals surface area contributed by atoms with Gasteiger partial charge < -0.3 is 9.64 Å². The molecule has 2 heterocycles. The van der Waals surface area contributed by atoms with Gasteiger partial charge in [-0.3, -0.25) is 4.79 Å². The van der Waals surface area contributed by atoms with E-state index in [9.17, 15) is 13.2 Å². The smallest absolute Gasteiger partial charge is 0.279 e. The highest BCUT2D eigenvalue weighted by Gasteiger charge is 2.36. The lowest BCUT2D eigenvalue weighted by molar-refractivity contribution is -0.129. The van der Waals surface area contributed by atoms with Crippen LogP contribution in [0.5, 0.6) is 0 Å². The number of nitrogens with zero attached hydrogens (tertiary/aromatic N) is 2. The van der Waals surface area contributed by atoms with Crippen LogP contribution in [0.4, 0.5) is 0 Å². The zero-order chi connectivity index (χ0) is 15.6. The molecule has 0 bridgehead atoms.